The van der Waals surface area contributed by atoms with E-state index in [0.29, 0.717) is 45.0 Å². The molecule has 1 aliphatic heterocycles. The van der Waals surface area contributed by atoms with Crippen molar-refractivity contribution in [3.05, 3.63) is 60.0 Å². The van der Waals surface area contributed by atoms with Gasteiger partial charge in [0.05, 0.1) is 24.8 Å². The number of nitrogens with one attached hydrogen (secondary N) is 2. The molecule has 0 saturated carbocycles. The molecule has 3 heterocycles. The molecule has 0 aliphatic carbocycles. The molecule has 0 spiro atoms. The number of aliphatic hydroxyl groups is 1. The Balaban J connectivity index is 1.40. The molecule has 182 valence electrons. The maximum absolute atomic E-state index is 13.0. The number of morpholine rings is 1. The third-order valence-corrected chi connectivity index (χ3v) is 6.26. The molecule has 8 nitrogen and oxygen atoms in total. The van der Waals surface area contributed by atoms with Gasteiger partial charge in [-0.2, -0.15) is 0 Å². The van der Waals surface area contributed by atoms with Crippen LogP contribution in [0.3, 0.4) is 0 Å². The number of ether oxygens (including phenoxy) is 2. The molecule has 1 aliphatic rings. The summed E-state index contributed by atoms with van der Waals surface area (Å²) in [5, 5.41) is 14.9. The van der Waals surface area contributed by atoms with E-state index in [-0.39, 0.29) is 11.9 Å². The van der Waals surface area contributed by atoms with Gasteiger partial charge in [0.15, 0.2) is 6.10 Å². The van der Waals surface area contributed by atoms with E-state index in [1.54, 1.807) is 12.4 Å². The molecule has 3 atom stereocenters. The Morgan fingerprint density at radius 2 is 2.12 bits per heavy atom. The van der Waals surface area contributed by atoms with Gasteiger partial charge < -0.3 is 29.8 Å². The van der Waals surface area contributed by atoms with Crippen LogP contribution in [0.2, 0.25) is 0 Å². The van der Waals surface area contributed by atoms with Crippen molar-refractivity contribution in [1.82, 2.24) is 20.2 Å². The SMILES string of the molecule is CCC(Oc1cccc2c(C[C@@H](C)NC[C@H](O)c3cccnc3)c[nH]c12)C(=O)N1CCOCC1. The number of aromatic amines is 1. The Morgan fingerprint density at radius 3 is 2.85 bits per heavy atom. The molecule has 2 aromatic heterocycles. The number of H-pyrrole nitrogens is 1. The van der Waals surface area contributed by atoms with Crippen LogP contribution in [0.1, 0.15) is 37.5 Å². The van der Waals surface area contributed by atoms with E-state index in [1.807, 2.05) is 42.3 Å². The van der Waals surface area contributed by atoms with Gasteiger partial charge in [-0.15, -0.1) is 0 Å². The molecule has 34 heavy (non-hydrogen) atoms. The lowest BCUT2D eigenvalue weighted by Crippen LogP contribution is -2.47. The van der Waals surface area contributed by atoms with E-state index in [2.05, 4.69) is 28.3 Å². The number of benzene rings is 1. The van der Waals surface area contributed by atoms with Crippen molar-refractivity contribution in [3.63, 3.8) is 0 Å². The van der Waals surface area contributed by atoms with Crippen LogP contribution < -0.4 is 10.1 Å². The van der Waals surface area contributed by atoms with Gasteiger partial charge >= 0.3 is 0 Å². The third kappa shape index (κ3) is 5.75. The molecule has 8 heteroatoms. The fourth-order valence-electron chi connectivity index (χ4n) is 4.31. The summed E-state index contributed by atoms with van der Waals surface area (Å²) in [6.07, 6.45) is 5.64. The number of hydrogen-bond acceptors (Lipinski definition) is 6. The number of aromatic nitrogens is 2. The number of rotatable bonds is 10. The standard InChI is InChI=1S/C26H34N4O4/c1-3-23(26(32)30-10-12-33-13-11-30)34-24-8-4-7-21-20(16-29-25(21)24)14-18(2)28-17-22(31)19-6-5-9-27-15-19/h4-9,15-16,18,22-23,28-29,31H,3,10-14,17H2,1-2H3/t18-,22+,23?/m1/s1. The van der Waals surface area contributed by atoms with Crippen LogP contribution in [0.5, 0.6) is 5.75 Å². The number of nitrogens with zero attached hydrogens (tertiary/aromatic N) is 2. The first-order valence-electron chi connectivity index (χ1n) is 12.0. The fourth-order valence-corrected chi connectivity index (χ4v) is 4.31. The molecule has 1 unspecified atom stereocenters. The van der Waals surface area contributed by atoms with Crippen LogP contribution in [-0.2, 0) is 16.0 Å². The van der Waals surface area contributed by atoms with Gasteiger partial charge in [0, 0.05) is 55.2 Å². The summed E-state index contributed by atoms with van der Waals surface area (Å²) in [5.74, 6) is 0.699. The summed E-state index contributed by atoms with van der Waals surface area (Å²) < 4.78 is 11.6. The van der Waals surface area contributed by atoms with Crippen molar-refractivity contribution in [2.75, 3.05) is 32.8 Å². The lowest BCUT2D eigenvalue weighted by Gasteiger charge is -2.30. The molecule has 1 amide bonds. The molecular formula is C26H34N4O4. The van der Waals surface area contributed by atoms with Crippen LogP contribution in [0.4, 0.5) is 0 Å². The highest BCUT2D eigenvalue weighted by Crippen LogP contribution is 2.29. The second kappa shape index (κ2) is 11.5. The second-order valence-electron chi connectivity index (χ2n) is 8.76. The second-order valence-corrected chi connectivity index (χ2v) is 8.76. The van der Waals surface area contributed by atoms with Gasteiger partial charge in [0.25, 0.3) is 5.91 Å². The lowest BCUT2D eigenvalue weighted by atomic mass is 10.1. The Kier molecular flexibility index (Phi) is 8.16. The quantitative estimate of drug-likeness (QED) is 0.425. The van der Waals surface area contributed by atoms with Crippen molar-refractivity contribution < 1.29 is 19.4 Å². The Hall–Kier alpha value is -2.94. The summed E-state index contributed by atoms with van der Waals surface area (Å²) in [6.45, 7) is 6.88. The summed E-state index contributed by atoms with van der Waals surface area (Å²) in [5.41, 5.74) is 2.85. The van der Waals surface area contributed by atoms with E-state index in [0.717, 1.165) is 28.5 Å². The smallest absolute Gasteiger partial charge is 0.263 e. The van der Waals surface area contributed by atoms with E-state index >= 15 is 0 Å². The average molecular weight is 467 g/mol. The molecule has 3 aromatic rings. The van der Waals surface area contributed by atoms with Crippen LogP contribution in [0.25, 0.3) is 10.9 Å². The van der Waals surface area contributed by atoms with E-state index < -0.39 is 12.2 Å². The van der Waals surface area contributed by atoms with Crippen LogP contribution in [-0.4, -0.2) is 70.9 Å². The molecule has 1 fully saturated rings. The molecule has 1 aromatic carbocycles. The van der Waals surface area contributed by atoms with Gasteiger partial charge in [0.2, 0.25) is 0 Å². The third-order valence-electron chi connectivity index (χ3n) is 6.26. The first-order valence-corrected chi connectivity index (χ1v) is 12.0. The molecule has 0 bridgehead atoms. The highest BCUT2D eigenvalue weighted by molar-refractivity contribution is 5.89. The minimum Gasteiger partial charge on any atom is -0.478 e. The van der Waals surface area contributed by atoms with Crippen molar-refractivity contribution in [2.24, 2.45) is 0 Å². The monoisotopic (exact) mass is 466 g/mol. The Morgan fingerprint density at radius 1 is 1.29 bits per heavy atom. The molecule has 1 saturated heterocycles. The highest BCUT2D eigenvalue weighted by Gasteiger charge is 2.27. The molecular weight excluding hydrogens is 432 g/mol. The highest BCUT2D eigenvalue weighted by atomic mass is 16.5. The van der Waals surface area contributed by atoms with Gasteiger partial charge in [-0.3, -0.25) is 9.78 Å². The lowest BCUT2D eigenvalue weighted by molar-refractivity contribution is -0.142. The zero-order valence-corrected chi connectivity index (χ0v) is 19.9. The predicted octanol–water partition coefficient (Wildman–Crippen LogP) is 2.83. The number of fused-ring (bicyclic) bond motifs is 1. The van der Waals surface area contributed by atoms with Crippen molar-refractivity contribution in [3.8, 4) is 5.75 Å². The minimum absolute atomic E-state index is 0.0135. The van der Waals surface area contributed by atoms with E-state index in [4.69, 9.17) is 9.47 Å². The maximum atomic E-state index is 13.0. The number of amides is 1. The summed E-state index contributed by atoms with van der Waals surface area (Å²) in [4.78, 5) is 22.2. The normalized spacial score (nSPS) is 16.9. The number of carbonyl (C=O) groups is 1. The molecule has 4 rings (SSSR count). The Labute approximate surface area is 200 Å². The van der Waals surface area contributed by atoms with Gasteiger partial charge in [-0.05, 0) is 37.5 Å². The number of aliphatic hydroxyl groups excluding tert-OH is 1. The zero-order chi connectivity index (χ0) is 23.9. The number of pyridine rings is 1. The predicted molar refractivity (Wildman–Crippen MR) is 131 cm³/mol. The number of hydrogen-bond donors (Lipinski definition) is 3. The van der Waals surface area contributed by atoms with Crippen molar-refractivity contribution >= 4 is 16.8 Å². The summed E-state index contributed by atoms with van der Waals surface area (Å²) >= 11 is 0. The van der Waals surface area contributed by atoms with Crippen molar-refractivity contribution in [2.45, 2.75) is 44.9 Å². The zero-order valence-electron chi connectivity index (χ0n) is 19.9. The van der Waals surface area contributed by atoms with Crippen molar-refractivity contribution in [1.29, 1.82) is 0 Å². The number of para-hydroxylation sites is 1. The van der Waals surface area contributed by atoms with E-state index in [9.17, 15) is 9.90 Å². The summed E-state index contributed by atoms with van der Waals surface area (Å²) in [6, 6.07) is 9.79. The van der Waals surface area contributed by atoms with Crippen LogP contribution >= 0.6 is 0 Å². The van der Waals surface area contributed by atoms with Gasteiger partial charge in [-0.1, -0.05) is 25.1 Å². The summed E-state index contributed by atoms with van der Waals surface area (Å²) in [7, 11) is 0. The first kappa shape index (κ1) is 24.2. The van der Waals surface area contributed by atoms with Gasteiger partial charge in [-0.25, -0.2) is 0 Å². The first-order chi connectivity index (χ1) is 16.6. The maximum Gasteiger partial charge on any atom is 0.263 e. The topological polar surface area (TPSA) is 99.7 Å². The minimum atomic E-state index is -0.603. The molecule has 0 radical (unpaired) electrons. The fraction of sp³-hybridized carbons (Fsp3) is 0.462. The number of carbonyl (C=O) groups excluding carboxylic acids is 1. The van der Waals surface area contributed by atoms with Gasteiger partial charge in [0.1, 0.15) is 5.75 Å². The van der Waals surface area contributed by atoms with Crippen LogP contribution in [0, 0.1) is 0 Å². The van der Waals surface area contributed by atoms with Crippen LogP contribution in [0.15, 0.2) is 48.9 Å². The Bertz CT molecular complexity index is 1070. The largest absolute Gasteiger partial charge is 0.478 e. The van der Waals surface area contributed by atoms with E-state index in [1.165, 1.54) is 0 Å². The average Bonchev–Trinajstić information content (AvgIpc) is 3.29. The molecule has 3 N–H and O–H groups in total.